The zero-order valence-corrected chi connectivity index (χ0v) is 11.2. The van der Waals surface area contributed by atoms with E-state index in [9.17, 15) is 23.1 Å². The Hall–Kier alpha value is -2.40. The minimum absolute atomic E-state index is 0.327. The molecule has 0 radical (unpaired) electrons. The van der Waals surface area contributed by atoms with Crippen LogP contribution in [0.1, 0.15) is 5.56 Å². The number of anilines is 1. The lowest BCUT2D eigenvalue weighted by Gasteiger charge is -2.13. The number of alkyl halides is 3. The zero-order valence-electron chi connectivity index (χ0n) is 10.5. The van der Waals surface area contributed by atoms with Gasteiger partial charge in [-0.05, 0) is 12.1 Å². The summed E-state index contributed by atoms with van der Waals surface area (Å²) in [7, 11) is 1.20. The molecule has 1 rings (SSSR count). The molecule has 0 heterocycles. The van der Waals surface area contributed by atoms with Crippen molar-refractivity contribution in [1.82, 2.24) is 0 Å². The first-order valence-corrected chi connectivity index (χ1v) is 5.62. The zero-order chi connectivity index (χ0) is 16.2. The van der Waals surface area contributed by atoms with Gasteiger partial charge in [-0.25, -0.2) is 0 Å². The van der Waals surface area contributed by atoms with Gasteiger partial charge in [-0.15, -0.1) is 0 Å². The predicted molar refractivity (Wildman–Crippen MR) is 67.5 cm³/mol. The van der Waals surface area contributed by atoms with E-state index < -0.39 is 34.0 Å². The summed E-state index contributed by atoms with van der Waals surface area (Å²) < 4.78 is 42.5. The van der Waals surface area contributed by atoms with Crippen LogP contribution in [-0.4, -0.2) is 18.1 Å². The van der Waals surface area contributed by atoms with E-state index in [4.69, 9.17) is 16.9 Å². The summed E-state index contributed by atoms with van der Waals surface area (Å²) in [6, 6.07) is 2.94. The van der Waals surface area contributed by atoms with Gasteiger partial charge in [0.25, 0.3) is 5.91 Å². The van der Waals surface area contributed by atoms with Crippen LogP contribution in [0.2, 0.25) is 5.02 Å². The van der Waals surface area contributed by atoms with Gasteiger partial charge in [-0.1, -0.05) is 11.6 Å². The van der Waals surface area contributed by atoms with E-state index in [2.05, 4.69) is 10.1 Å². The largest absolute Gasteiger partial charge is 0.506 e. The Kier molecular flexibility index (Phi) is 5.05. The van der Waals surface area contributed by atoms with Gasteiger partial charge in [0, 0.05) is 5.69 Å². The third kappa shape index (κ3) is 4.03. The number of carbonyl (C=O) groups is 1. The van der Waals surface area contributed by atoms with Crippen molar-refractivity contribution >= 4 is 23.2 Å². The maximum atomic E-state index is 12.7. The Morgan fingerprint density at radius 2 is 2.14 bits per heavy atom. The fourth-order valence-corrected chi connectivity index (χ4v) is 1.55. The van der Waals surface area contributed by atoms with Crippen LogP contribution in [0.5, 0.6) is 5.75 Å². The molecule has 1 aromatic carbocycles. The number of rotatable bonds is 3. The van der Waals surface area contributed by atoms with E-state index in [0.717, 1.165) is 12.3 Å². The van der Waals surface area contributed by atoms with Crippen LogP contribution in [0.25, 0.3) is 0 Å². The number of methoxy groups -OCH3 is 1. The molecule has 0 atom stereocenters. The molecule has 0 aliphatic heterocycles. The number of nitrogens with one attached hydrogen (secondary N) is 1. The molecule has 112 valence electrons. The molecule has 0 aromatic heterocycles. The number of hydrogen-bond donors (Lipinski definition) is 2. The standard InChI is InChI=1S/C12H8ClF3N2O3/c1-21-5-6(4-17)11(20)18-7-2-8(12(14,15)16)10(19)9(13)3-7/h2-3,5,19H,1H3,(H,18,20). The first kappa shape index (κ1) is 16.7. The molecule has 1 aromatic rings. The highest BCUT2D eigenvalue weighted by Gasteiger charge is 2.35. The Labute approximate surface area is 122 Å². The quantitative estimate of drug-likeness (QED) is 0.388. The Balaban J connectivity index is 3.17. The average molecular weight is 321 g/mol. The second kappa shape index (κ2) is 6.37. The third-order valence-corrected chi connectivity index (χ3v) is 2.52. The van der Waals surface area contributed by atoms with Crippen LogP contribution in [0.15, 0.2) is 24.0 Å². The minimum atomic E-state index is -4.85. The lowest BCUT2D eigenvalue weighted by molar-refractivity contribution is -0.138. The monoisotopic (exact) mass is 320 g/mol. The van der Waals surface area contributed by atoms with Gasteiger partial charge < -0.3 is 15.2 Å². The second-order valence-electron chi connectivity index (χ2n) is 3.69. The molecule has 0 aliphatic rings. The molecule has 21 heavy (non-hydrogen) atoms. The number of halogens is 4. The van der Waals surface area contributed by atoms with Crippen molar-refractivity contribution < 1.29 is 27.8 Å². The fourth-order valence-electron chi connectivity index (χ4n) is 1.33. The van der Waals surface area contributed by atoms with E-state index in [1.807, 2.05) is 0 Å². The van der Waals surface area contributed by atoms with Gasteiger partial charge in [0.1, 0.15) is 23.6 Å². The average Bonchev–Trinajstić information content (AvgIpc) is 2.38. The van der Waals surface area contributed by atoms with Crippen molar-refractivity contribution in [2.24, 2.45) is 0 Å². The van der Waals surface area contributed by atoms with Gasteiger partial charge in [0.15, 0.2) is 5.57 Å². The van der Waals surface area contributed by atoms with E-state index in [1.54, 1.807) is 0 Å². The maximum absolute atomic E-state index is 12.7. The highest BCUT2D eigenvalue weighted by atomic mass is 35.5. The summed E-state index contributed by atoms with van der Waals surface area (Å²) in [6.45, 7) is 0. The summed E-state index contributed by atoms with van der Waals surface area (Å²) in [4.78, 5) is 11.6. The van der Waals surface area contributed by atoms with Crippen molar-refractivity contribution in [3.63, 3.8) is 0 Å². The summed E-state index contributed by atoms with van der Waals surface area (Å²) in [5.74, 6) is -2.12. The Morgan fingerprint density at radius 1 is 1.52 bits per heavy atom. The lowest BCUT2D eigenvalue weighted by Crippen LogP contribution is -2.15. The van der Waals surface area contributed by atoms with Crippen LogP contribution in [0, 0.1) is 11.3 Å². The molecule has 5 nitrogen and oxygen atoms in total. The van der Waals surface area contributed by atoms with E-state index in [1.165, 1.54) is 13.2 Å². The van der Waals surface area contributed by atoms with E-state index in [-0.39, 0.29) is 5.69 Å². The smallest absolute Gasteiger partial charge is 0.420 e. The number of hydrogen-bond acceptors (Lipinski definition) is 4. The van der Waals surface area contributed by atoms with Gasteiger partial charge >= 0.3 is 6.18 Å². The number of amides is 1. The SMILES string of the molecule is COC=C(C#N)C(=O)Nc1cc(Cl)c(O)c(C(F)(F)F)c1. The summed E-state index contributed by atoms with van der Waals surface area (Å²) in [5.41, 5.74) is -2.18. The Morgan fingerprint density at radius 3 is 2.62 bits per heavy atom. The molecule has 1 amide bonds. The number of nitriles is 1. The van der Waals surface area contributed by atoms with Gasteiger partial charge in [0.2, 0.25) is 0 Å². The molecule has 0 saturated carbocycles. The molecule has 0 fully saturated rings. The molecule has 0 bridgehead atoms. The minimum Gasteiger partial charge on any atom is -0.506 e. The van der Waals surface area contributed by atoms with Crippen molar-refractivity contribution in [2.45, 2.75) is 6.18 Å². The van der Waals surface area contributed by atoms with Crippen LogP contribution >= 0.6 is 11.6 Å². The molecule has 0 saturated heterocycles. The van der Waals surface area contributed by atoms with Crippen LogP contribution < -0.4 is 5.32 Å². The first-order chi connectivity index (χ1) is 9.70. The fraction of sp³-hybridized carbons (Fsp3) is 0.167. The molecule has 0 unspecified atom stereocenters. The maximum Gasteiger partial charge on any atom is 0.420 e. The first-order valence-electron chi connectivity index (χ1n) is 5.24. The lowest BCUT2D eigenvalue weighted by atomic mass is 10.1. The number of aromatic hydroxyl groups is 1. The van der Waals surface area contributed by atoms with Crippen molar-refractivity contribution in [3.8, 4) is 11.8 Å². The van der Waals surface area contributed by atoms with Gasteiger partial charge in [-0.3, -0.25) is 4.79 Å². The van der Waals surface area contributed by atoms with Crippen LogP contribution in [0.4, 0.5) is 18.9 Å². The molecular formula is C12H8ClF3N2O3. The number of phenolic OH excluding ortho intramolecular Hbond substituents is 1. The van der Waals surface area contributed by atoms with Crippen molar-refractivity contribution in [1.29, 1.82) is 5.26 Å². The number of benzene rings is 1. The van der Waals surface area contributed by atoms with Crippen LogP contribution in [0.3, 0.4) is 0 Å². The summed E-state index contributed by atoms with van der Waals surface area (Å²) in [5, 5.41) is 19.4. The van der Waals surface area contributed by atoms with Gasteiger partial charge in [-0.2, -0.15) is 18.4 Å². The van der Waals surface area contributed by atoms with E-state index in [0.29, 0.717) is 6.07 Å². The molecule has 9 heteroatoms. The molecular weight excluding hydrogens is 313 g/mol. The third-order valence-electron chi connectivity index (χ3n) is 2.23. The molecule has 2 N–H and O–H groups in total. The summed E-state index contributed by atoms with van der Waals surface area (Å²) >= 11 is 5.48. The predicted octanol–water partition coefficient (Wildman–Crippen LogP) is 3.06. The topological polar surface area (TPSA) is 82.3 Å². The number of ether oxygens (including phenoxy) is 1. The van der Waals surface area contributed by atoms with Crippen LogP contribution in [-0.2, 0) is 15.7 Å². The van der Waals surface area contributed by atoms with Crippen molar-refractivity contribution in [2.75, 3.05) is 12.4 Å². The normalized spacial score (nSPS) is 11.7. The summed E-state index contributed by atoms with van der Waals surface area (Å²) in [6.07, 6.45) is -4.02. The second-order valence-corrected chi connectivity index (χ2v) is 4.09. The number of nitrogens with zero attached hydrogens (tertiary/aromatic N) is 1. The number of phenols is 1. The Bertz CT molecular complexity index is 636. The number of carbonyl (C=O) groups excluding carboxylic acids is 1. The van der Waals surface area contributed by atoms with E-state index >= 15 is 0 Å². The van der Waals surface area contributed by atoms with Gasteiger partial charge in [0.05, 0.1) is 12.1 Å². The highest BCUT2D eigenvalue weighted by molar-refractivity contribution is 6.32. The highest BCUT2D eigenvalue weighted by Crippen LogP contribution is 2.41. The molecule has 0 aliphatic carbocycles. The molecule has 0 spiro atoms. The van der Waals surface area contributed by atoms with Crippen molar-refractivity contribution in [3.05, 3.63) is 34.6 Å².